The van der Waals surface area contributed by atoms with Gasteiger partial charge in [-0.25, -0.2) is 0 Å². The maximum atomic E-state index is 4.17. The third kappa shape index (κ3) is 3.54. The van der Waals surface area contributed by atoms with Crippen molar-refractivity contribution >= 4 is 0 Å². The number of benzene rings is 1. The first kappa shape index (κ1) is 12.5. The molecule has 2 rings (SSSR count). The van der Waals surface area contributed by atoms with E-state index < -0.39 is 0 Å². The number of rotatable bonds is 6. The van der Waals surface area contributed by atoms with Crippen LogP contribution in [0.2, 0.25) is 0 Å². The van der Waals surface area contributed by atoms with E-state index >= 15 is 0 Å². The summed E-state index contributed by atoms with van der Waals surface area (Å²) in [6, 6.07) is 14.7. The lowest BCUT2D eigenvalue weighted by molar-refractivity contribution is 0.537. The molecular weight excluding hydrogens is 220 g/mol. The van der Waals surface area contributed by atoms with E-state index in [1.165, 1.54) is 11.1 Å². The van der Waals surface area contributed by atoms with Crippen LogP contribution in [0.5, 0.6) is 0 Å². The van der Waals surface area contributed by atoms with E-state index in [4.69, 9.17) is 0 Å². The molecule has 0 fully saturated rings. The van der Waals surface area contributed by atoms with Crippen molar-refractivity contribution in [2.45, 2.75) is 19.0 Å². The molecule has 2 nitrogen and oxygen atoms in total. The molecule has 0 radical (unpaired) electrons. The van der Waals surface area contributed by atoms with Crippen LogP contribution in [0.1, 0.15) is 23.6 Å². The molecule has 0 aliphatic rings. The predicted molar refractivity (Wildman–Crippen MR) is 75.1 cm³/mol. The Balaban J connectivity index is 2.01. The van der Waals surface area contributed by atoms with Crippen LogP contribution in [0.25, 0.3) is 0 Å². The third-order valence-electron chi connectivity index (χ3n) is 2.88. The fourth-order valence-corrected chi connectivity index (χ4v) is 1.92. The summed E-state index contributed by atoms with van der Waals surface area (Å²) in [4.78, 5) is 4.17. The second kappa shape index (κ2) is 6.72. The van der Waals surface area contributed by atoms with Crippen molar-refractivity contribution in [3.8, 4) is 0 Å². The zero-order chi connectivity index (χ0) is 12.6. The van der Waals surface area contributed by atoms with E-state index in [-0.39, 0.29) is 6.04 Å². The van der Waals surface area contributed by atoms with Gasteiger partial charge in [-0.15, -0.1) is 6.58 Å². The molecule has 0 saturated carbocycles. The Bertz CT molecular complexity index is 465. The minimum Gasteiger partial charge on any atom is -0.306 e. The average Bonchev–Trinajstić information content (AvgIpc) is 2.45. The van der Waals surface area contributed by atoms with E-state index in [1.54, 1.807) is 6.20 Å². The van der Waals surface area contributed by atoms with Gasteiger partial charge in [-0.05, 0) is 23.6 Å². The van der Waals surface area contributed by atoms with Crippen molar-refractivity contribution in [2.75, 3.05) is 0 Å². The zero-order valence-corrected chi connectivity index (χ0v) is 10.4. The van der Waals surface area contributed by atoms with Crippen molar-refractivity contribution in [3.05, 3.63) is 78.6 Å². The van der Waals surface area contributed by atoms with Crippen molar-refractivity contribution in [3.63, 3.8) is 0 Å². The summed E-state index contributed by atoms with van der Waals surface area (Å²) in [5.74, 6) is 0. The molecule has 0 aliphatic carbocycles. The normalized spacial score (nSPS) is 12.0. The monoisotopic (exact) mass is 238 g/mol. The lowest BCUT2D eigenvalue weighted by Crippen LogP contribution is -2.20. The molecule has 2 heteroatoms. The van der Waals surface area contributed by atoms with Crippen LogP contribution in [0.3, 0.4) is 0 Å². The van der Waals surface area contributed by atoms with Gasteiger partial charge in [0.1, 0.15) is 0 Å². The van der Waals surface area contributed by atoms with Gasteiger partial charge in [0.05, 0.1) is 0 Å². The van der Waals surface area contributed by atoms with Crippen molar-refractivity contribution in [1.82, 2.24) is 10.3 Å². The summed E-state index contributed by atoms with van der Waals surface area (Å²) in [5.41, 5.74) is 2.49. The quantitative estimate of drug-likeness (QED) is 0.779. The molecule has 0 spiro atoms. The largest absolute Gasteiger partial charge is 0.306 e. The van der Waals surface area contributed by atoms with E-state index in [1.807, 2.05) is 24.4 Å². The van der Waals surface area contributed by atoms with Crippen LogP contribution in [0.15, 0.2) is 67.5 Å². The van der Waals surface area contributed by atoms with E-state index in [0.29, 0.717) is 0 Å². The minimum atomic E-state index is 0.274. The molecule has 0 bridgehead atoms. The first-order valence-corrected chi connectivity index (χ1v) is 6.18. The summed E-state index contributed by atoms with van der Waals surface area (Å²) in [6.45, 7) is 4.68. The molecule has 0 amide bonds. The maximum absolute atomic E-state index is 4.17. The highest BCUT2D eigenvalue weighted by molar-refractivity contribution is 5.17. The highest BCUT2D eigenvalue weighted by atomic mass is 14.9. The topological polar surface area (TPSA) is 24.9 Å². The second-order valence-electron chi connectivity index (χ2n) is 4.23. The van der Waals surface area contributed by atoms with Crippen molar-refractivity contribution in [1.29, 1.82) is 0 Å². The highest BCUT2D eigenvalue weighted by Gasteiger charge is 2.08. The van der Waals surface area contributed by atoms with Gasteiger partial charge < -0.3 is 5.32 Å². The number of hydrogen-bond donors (Lipinski definition) is 1. The third-order valence-corrected chi connectivity index (χ3v) is 2.88. The van der Waals surface area contributed by atoms with Crippen LogP contribution in [-0.4, -0.2) is 4.98 Å². The number of hydrogen-bond acceptors (Lipinski definition) is 2. The Morgan fingerprint density at radius 1 is 1.17 bits per heavy atom. The molecule has 1 aromatic heterocycles. The summed E-state index contributed by atoms with van der Waals surface area (Å²) in [7, 11) is 0. The average molecular weight is 238 g/mol. The summed E-state index contributed by atoms with van der Waals surface area (Å²) in [6.07, 6.45) is 6.55. The van der Waals surface area contributed by atoms with Gasteiger partial charge in [-0.2, -0.15) is 0 Å². The highest BCUT2D eigenvalue weighted by Crippen LogP contribution is 2.16. The van der Waals surface area contributed by atoms with Gasteiger partial charge in [-0.1, -0.05) is 42.5 Å². The Morgan fingerprint density at radius 3 is 2.67 bits per heavy atom. The van der Waals surface area contributed by atoms with Gasteiger partial charge in [-0.3, -0.25) is 4.98 Å². The van der Waals surface area contributed by atoms with E-state index in [0.717, 1.165) is 13.0 Å². The Morgan fingerprint density at radius 2 is 2.00 bits per heavy atom. The molecular formula is C16H18N2. The summed E-state index contributed by atoms with van der Waals surface area (Å²) >= 11 is 0. The van der Waals surface area contributed by atoms with E-state index in [9.17, 15) is 0 Å². The number of nitrogens with zero attached hydrogens (tertiary/aromatic N) is 1. The number of nitrogens with one attached hydrogen (secondary N) is 1. The van der Waals surface area contributed by atoms with E-state index in [2.05, 4.69) is 47.2 Å². The van der Waals surface area contributed by atoms with Crippen molar-refractivity contribution < 1.29 is 0 Å². The number of aromatic nitrogens is 1. The molecule has 1 N–H and O–H groups in total. The van der Waals surface area contributed by atoms with Crippen molar-refractivity contribution in [2.24, 2.45) is 0 Å². The van der Waals surface area contributed by atoms with Gasteiger partial charge >= 0.3 is 0 Å². The molecule has 1 atom stereocenters. The molecule has 2 aromatic rings. The van der Waals surface area contributed by atoms with Crippen LogP contribution in [-0.2, 0) is 6.54 Å². The fraction of sp³-hybridized carbons (Fsp3) is 0.188. The molecule has 1 unspecified atom stereocenters. The summed E-state index contributed by atoms with van der Waals surface area (Å²) < 4.78 is 0. The second-order valence-corrected chi connectivity index (χ2v) is 4.23. The lowest BCUT2D eigenvalue weighted by Gasteiger charge is -2.17. The predicted octanol–water partition coefficient (Wildman–Crippen LogP) is 3.49. The minimum absolute atomic E-state index is 0.274. The molecule has 1 heterocycles. The van der Waals surface area contributed by atoms with Gasteiger partial charge in [0, 0.05) is 25.0 Å². The van der Waals surface area contributed by atoms with Crippen LogP contribution >= 0.6 is 0 Å². The van der Waals surface area contributed by atoms with Crippen LogP contribution in [0, 0.1) is 0 Å². The van der Waals surface area contributed by atoms with Crippen LogP contribution in [0.4, 0.5) is 0 Å². The molecule has 1 aromatic carbocycles. The zero-order valence-electron chi connectivity index (χ0n) is 10.4. The molecule has 18 heavy (non-hydrogen) atoms. The standard InChI is InChI=1S/C16H18N2/c1-2-7-16(15-10-6-11-17-13-15)18-12-14-8-4-3-5-9-14/h2-6,8-11,13,16,18H,1,7,12H2. The Kier molecular flexibility index (Phi) is 4.68. The summed E-state index contributed by atoms with van der Waals surface area (Å²) in [5, 5.41) is 3.54. The SMILES string of the molecule is C=CCC(NCc1ccccc1)c1cccnc1. The first-order chi connectivity index (χ1) is 8.90. The maximum Gasteiger partial charge on any atom is 0.0373 e. The number of pyridine rings is 1. The Hall–Kier alpha value is -1.93. The van der Waals surface area contributed by atoms with Gasteiger partial charge in [0.15, 0.2) is 0 Å². The van der Waals surface area contributed by atoms with Gasteiger partial charge in [0.2, 0.25) is 0 Å². The Labute approximate surface area is 108 Å². The van der Waals surface area contributed by atoms with Crippen LogP contribution < -0.4 is 5.32 Å². The van der Waals surface area contributed by atoms with Gasteiger partial charge in [0.25, 0.3) is 0 Å². The lowest BCUT2D eigenvalue weighted by atomic mass is 10.1. The first-order valence-electron chi connectivity index (χ1n) is 6.18. The fourth-order valence-electron chi connectivity index (χ4n) is 1.92. The molecule has 0 saturated heterocycles. The molecule has 92 valence electrons. The smallest absolute Gasteiger partial charge is 0.0373 e. The molecule has 0 aliphatic heterocycles.